The number of esters is 1. The molecule has 46 heavy (non-hydrogen) atoms. The number of aromatic amines is 1. The average molecular weight is 620 g/mol. The second-order valence-corrected chi connectivity index (χ2v) is 14.1. The molecule has 240 valence electrons. The van der Waals surface area contributed by atoms with Crippen molar-refractivity contribution in [1.82, 2.24) is 14.9 Å². The maximum atomic E-state index is 13.0. The summed E-state index contributed by atoms with van der Waals surface area (Å²) in [4.78, 5) is 28.4. The fraction of sp³-hybridized carbons (Fsp3) is 0.474. The molecule has 8 heteroatoms. The summed E-state index contributed by atoms with van der Waals surface area (Å²) >= 11 is 0. The summed E-state index contributed by atoms with van der Waals surface area (Å²) in [6.07, 6.45) is 9.54. The van der Waals surface area contributed by atoms with Crippen LogP contribution in [0.4, 0.5) is 17.1 Å². The van der Waals surface area contributed by atoms with Gasteiger partial charge in [-0.1, -0.05) is 38.1 Å². The predicted octanol–water partition coefficient (Wildman–Crippen LogP) is 7.59. The molecule has 2 saturated heterocycles. The molecule has 1 N–H and O–H groups in total. The van der Waals surface area contributed by atoms with Gasteiger partial charge >= 0.3 is 5.97 Å². The van der Waals surface area contributed by atoms with Crippen LogP contribution in [0, 0.1) is 5.41 Å². The highest BCUT2D eigenvalue weighted by Gasteiger charge is 2.50. The smallest absolute Gasteiger partial charge is 0.339 e. The van der Waals surface area contributed by atoms with Gasteiger partial charge in [0.1, 0.15) is 17.9 Å². The number of nitrogens with zero attached hydrogens (tertiary/aromatic N) is 4. The van der Waals surface area contributed by atoms with Crippen LogP contribution in [0.3, 0.4) is 0 Å². The maximum Gasteiger partial charge on any atom is 0.339 e. The SMILES string of the molecule is COC(=O)c1ccc(N2CCC3(CC2)CC(N2CCC[C@H]2c2ccccc2C(C)C)C3)cc1N1CCOc2nc3[nH]ccc3cc21. The number of aromatic nitrogens is 2. The van der Waals surface area contributed by atoms with Crippen molar-refractivity contribution in [3.8, 4) is 5.88 Å². The minimum Gasteiger partial charge on any atom is -0.474 e. The minimum atomic E-state index is -0.334. The monoisotopic (exact) mass is 619 g/mol. The molecule has 1 saturated carbocycles. The lowest BCUT2D eigenvalue weighted by Crippen LogP contribution is -2.55. The van der Waals surface area contributed by atoms with Crippen molar-refractivity contribution in [2.24, 2.45) is 5.41 Å². The molecule has 3 aliphatic heterocycles. The van der Waals surface area contributed by atoms with Gasteiger partial charge in [0.05, 0.1) is 24.9 Å². The molecule has 4 aromatic rings. The molecule has 0 unspecified atom stereocenters. The van der Waals surface area contributed by atoms with E-state index in [-0.39, 0.29) is 5.97 Å². The summed E-state index contributed by atoms with van der Waals surface area (Å²) in [6.45, 7) is 9.08. The first-order valence-corrected chi connectivity index (χ1v) is 17.1. The predicted molar refractivity (Wildman–Crippen MR) is 182 cm³/mol. The van der Waals surface area contributed by atoms with Crippen LogP contribution in [0.5, 0.6) is 5.88 Å². The Morgan fingerprint density at radius 3 is 2.65 bits per heavy atom. The van der Waals surface area contributed by atoms with Gasteiger partial charge in [0.15, 0.2) is 0 Å². The Kier molecular flexibility index (Phi) is 7.43. The highest BCUT2D eigenvalue weighted by Crippen LogP contribution is 2.54. The largest absolute Gasteiger partial charge is 0.474 e. The molecule has 1 aliphatic carbocycles. The van der Waals surface area contributed by atoms with Crippen LogP contribution in [0.1, 0.15) is 85.8 Å². The number of H-pyrrole nitrogens is 1. The van der Waals surface area contributed by atoms with Crippen LogP contribution in [0.15, 0.2) is 60.8 Å². The van der Waals surface area contributed by atoms with Crippen molar-refractivity contribution in [2.45, 2.75) is 70.4 Å². The van der Waals surface area contributed by atoms with Crippen molar-refractivity contribution < 1.29 is 14.3 Å². The first kappa shape index (κ1) is 29.4. The average Bonchev–Trinajstić information content (AvgIpc) is 3.75. The van der Waals surface area contributed by atoms with Gasteiger partial charge in [-0.25, -0.2) is 4.79 Å². The van der Waals surface area contributed by atoms with Crippen LogP contribution in [0.25, 0.3) is 11.0 Å². The van der Waals surface area contributed by atoms with Gasteiger partial charge in [-0.3, -0.25) is 4.90 Å². The van der Waals surface area contributed by atoms with Crippen LogP contribution >= 0.6 is 0 Å². The number of methoxy groups -OCH3 is 1. The van der Waals surface area contributed by atoms with E-state index in [1.165, 1.54) is 57.7 Å². The molecule has 1 atom stereocenters. The molecule has 0 bridgehead atoms. The third kappa shape index (κ3) is 5.02. The number of hydrogen-bond acceptors (Lipinski definition) is 7. The number of rotatable bonds is 6. The lowest BCUT2D eigenvalue weighted by Gasteiger charge is -2.56. The Labute approximate surface area is 271 Å². The number of pyridine rings is 1. The van der Waals surface area contributed by atoms with Crippen LogP contribution in [0.2, 0.25) is 0 Å². The lowest BCUT2D eigenvalue weighted by molar-refractivity contribution is -0.0227. The quantitative estimate of drug-likeness (QED) is 0.223. The van der Waals surface area contributed by atoms with E-state index >= 15 is 0 Å². The number of carbonyl (C=O) groups excluding carboxylic acids is 1. The maximum absolute atomic E-state index is 13.0. The van der Waals surface area contributed by atoms with Crippen molar-refractivity contribution in [3.05, 3.63) is 77.5 Å². The first-order valence-electron chi connectivity index (χ1n) is 17.1. The van der Waals surface area contributed by atoms with E-state index in [0.717, 1.165) is 41.2 Å². The summed E-state index contributed by atoms with van der Waals surface area (Å²) in [5, 5.41) is 1.01. The number of carbonyl (C=O) groups is 1. The van der Waals surface area contributed by atoms with Gasteiger partial charge in [0.25, 0.3) is 0 Å². The Bertz CT molecular complexity index is 1750. The topological polar surface area (TPSA) is 73.9 Å². The number of likely N-dealkylation sites (tertiary alicyclic amines) is 1. The molecule has 2 aromatic heterocycles. The van der Waals surface area contributed by atoms with E-state index in [0.29, 0.717) is 48.0 Å². The number of nitrogens with one attached hydrogen (secondary N) is 1. The molecular weight excluding hydrogens is 574 g/mol. The van der Waals surface area contributed by atoms with Gasteiger partial charge in [0.2, 0.25) is 5.88 Å². The number of hydrogen-bond donors (Lipinski definition) is 1. The Morgan fingerprint density at radius 2 is 1.85 bits per heavy atom. The van der Waals surface area contributed by atoms with E-state index in [9.17, 15) is 4.79 Å². The second kappa shape index (κ2) is 11.6. The standard InChI is InChI=1S/C38H45N5O3/c1-25(2)29-7-4-5-8-30(29)32-9-6-16-42(32)28-23-38(24-28)13-17-41(18-14-38)27-10-11-31(37(44)45-3)33(22-27)43-19-20-46-36-34(43)21-26-12-15-39-35(26)40-36/h4-5,7-8,10-12,15,21-22,25,28,32H,6,9,13-14,16-20,23-24H2,1-3H3,(H,39,40)/t32-/m0/s1. The van der Waals surface area contributed by atoms with Crippen molar-refractivity contribution >= 4 is 34.1 Å². The van der Waals surface area contributed by atoms with Crippen LogP contribution < -0.4 is 14.5 Å². The highest BCUT2D eigenvalue weighted by atomic mass is 16.5. The third-order valence-electron chi connectivity index (χ3n) is 11.3. The normalized spacial score (nSPS) is 21.4. The van der Waals surface area contributed by atoms with Gasteiger partial charge in [-0.05, 0) is 97.9 Å². The lowest BCUT2D eigenvalue weighted by atomic mass is 9.59. The van der Waals surface area contributed by atoms with E-state index in [1.54, 1.807) is 5.56 Å². The molecule has 0 radical (unpaired) electrons. The van der Waals surface area contributed by atoms with Crippen LogP contribution in [-0.4, -0.2) is 66.8 Å². The molecule has 4 aliphatic rings. The molecule has 0 amide bonds. The van der Waals surface area contributed by atoms with Crippen molar-refractivity contribution in [2.75, 3.05) is 49.7 Å². The number of benzene rings is 2. The van der Waals surface area contributed by atoms with E-state index in [1.807, 2.05) is 18.3 Å². The third-order valence-corrected chi connectivity index (χ3v) is 11.3. The minimum absolute atomic E-state index is 0.334. The van der Waals surface area contributed by atoms with Gasteiger partial charge in [0, 0.05) is 42.4 Å². The Morgan fingerprint density at radius 1 is 1.02 bits per heavy atom. The molecule has 8 nitrogen and oxygen atoms in total. The highest BCUT2D eigenvalue weighted by molar-refractivity contribution is 5.98. The Hall–Kier alpha value is -4.04. The molecular formula is C38H45N5O3. The zero-order chi connectivity index (χ0) is 31.4. The molecule has 3 fully saturated rings. The molecule has 8 rings (SSSR count). The van der Waals surface area contributed by atoms with Crippen LogP contribution in [-0.2, 0) is 4.74 Å². The summed E-state index contributed by atoms with van der Waals surface area (Å²) in [7, 11) is 1.45. The molecule has 1 spiro atoms. The van der Waals surface area contributed by atoms with Crippen molar-refractivity contribution in [1.29, 1.82) is 0 Å². The fourth-order valence-electron chi connectivity index (χ4n) is 8.80. The first-order chi connectivity index (χ1) is 22.4. The molecule has 5 heterocycles. The van der Waals surface area contributed by atoms with E-state index < -0.39 is 0 Å². The van der Waals surface area contributed by atoms with Crippen molar-refractivity contribution in [3.63, 3.8) is 0 Å². The summed E-state index contributed by atoms with van der Waals surface area (Å²) in [5.74, 6) is 0.803. The number of fused-ring (bicyclic) bond motifs is 2. The van der Waals surface area contributed by atoms with E-state index in [4.69, 9.17) is 14.5 Å². The summed E-state index contributed by atoms with van der Waals surface area (Å²) < 4.78 is 11.2. The van der Waals surface area contributed by atoms with Gasteiger partial charge in [-0.15, -0.1) is 0 Å². The van der Waals surface area contributed by atoms with Gasteiger partial charge in [-0.2, -0.15) is 4.98 Å². The number of anilines is 3. The Balaban J connectivity index is 0.989. The molecule has 2 aromatic carbocycles. The number of ether oxygens (including phenoxy) is 2. The summed E-state index contributed by atoms with van der Waals surface area (Å²) in [6, 6.07) is 20.7. The zero-order valence-corrected chi connectivity index (χ0v) is 27.3. The number of piperidine rings is 1. The second-order valence-electron chi connectivity index (χ2n) is 14.1. The van der Waals surface area contributed by atoms with E-state index in [2.05, 4.69) is 76.0 Å². The fourth-order valence-corrected chi connectivity index (χ4v) is 8.80. The summed E-state index contributed by atoms with van der Waals surface area (Å²) in [5.41, 5.74) is 7.76. The van der Waals surface area contributed by atoms with Gasteiger partial charge < -0.3 is 24.3 Å². The zero-order valence-electron chi connectivity index (χ0n) is 27.3.